The van der Waals surface area contributed by atoms with Gasteiger partial charge in [-0.05, 0) is 18.2 Å². The third kappa shape index (κ3) is 2.81. The first-order chi connectivity index (χ1) is 8.89. The molecule has 0 aromatic heterocycles. The number of alkyl halides is 3. The van der Waals surface area contributed by atoms with Gasteiger partial charge in [-0.25, -0.2) is 4.39 Å². The van der Waals surface area contributed by atoms with E-state index >= 15 is 0 Å². The van der Waals surface area contributed by atoms with Gasteiger partial charge in [0.2, 0.25) is 0 Å². The molecule has 0 bridgehead atoms. The molecule has 0 aliphatic rings. The number of hydrogen-bond acceptors (Lipinski definition) is 1. The van der Waals surface area contributed by atoms with Crippen LogP contribution in [-0.4, -0.2) is 5.78 Å². The normalized spacial score (nSPS) is 11.4. The van der Waals surface area contributed by atoms with Crippen LogP contribution in [0.25, 0.3) is 0 Å². The van der Waals surface area contributed by atoms with Crippen molar-refractivity contribution in [2.75, 3.05) is 0 Å². The number of rotatable bonds is 2. The van der Waals surface area contributed by atoms with Crippen LogP contribution in [0.4, 0.5) is 17.6 Å². The summed E-state index contributed by atoms with van der Waals surface area (Å²) in [7, 11) is 0. The molecule has 0 fully saturated rings. The maximum Gasteiger partial charge on any atom is 0.417 e. The van der Waals surface area contributed by atoms with E-state index in [1.54, 1.807) is 6.07 Å². The van der Waals surface area contributed by atoms with Crippen molar-refractivity contribution in [3.8, 4) is 0 Å². The maximum atomic E-state index is 13.1. The average molecular weight is 268 g/mol. The predicted octanol–water partition coefficient (Wildman–Crippen LogP) is 4.08. The van der Waals surface area contributed by atoms with Gasteiger partial charge in [0.25, 0.3) is 0 Å². The molecule has 98 valence electrons. The number of ketones is 1. The highest BCUT2D eigenvalue weighted by Gasteiger charge is 2.35. The van der Waals surface area contributed by atoms with E-state index in [1.807, 2.05) is 0 Å². The molecule has 0 aliphatic heterocycles. The molecule has 5 heteroatoms. The molecular formula is C14H8F4O. The molecule has 0 aliphatic carbocycles. The van der Waals surface area contributed by atoms with Gasteiger partial charge in [0.1, 0.15) is 5.82 Å². The lowest BCUT2D eigenvalue weighted by Crippen LogP contribution is -2.14. The van der Waals surface area contributed by atoms with Gasteiger partial charge in [0.05, 0.1) is 5.56 Å². The SMILES string of the molecule is O=C(c1ccccc1)c1cc(F)ccc1C(F)(F)F. The third-order valence-electron chi connectivity index (χ3n) is 2.57. The molecule has 0 unspecified atom stereocenters. The monoisotopic (exact) mass is 268 g/mol. The van der Waals surface area contributed by atoms with Gasteiger partial charge >= 0.3 is 6.18 Å². The Hall–Kier alpha value is -2.17. The molecule has 2 aromatic carbocycles. The molecule has 0 saturated heterocycles. The lowest BCUT2D eigenvalue weighted by atomic mass is 9.98. The summed E-state index contributed by atoms with van der Waals surface area (Å²) in [5.74, 6) is -1.74. The zero-order valence-electron chi connectivity index (χ0n) is 9.54. The molecule has 0 spiro atoms. The van der Waals surface area contributed by atoms with E-state index in [9.17, 15) is 22.4 Å². The van der Waals surface area contributed by atoms with Gasteiger partial charge in [0.15, 0.2) is 5.78 Å². The number of halogens is 4. The molecule has 0 radical (unpaired) electrons. The van der Waals surface area contributed by atoms with Crippen LogP contribution in [0.3, 0.4) is 0 Å². The van der Waals surface area contributed by atoms with E-state index in [-0.39, 0.29) is 5.56 Å². The van der Waals surface area contributed by atoms with E-state index in [2.05, 4.69) is 0 Å². The van der Waals surface area contributed by atoms with Gasteiger partial charge in [-0.15, -0.1) is 0 Å². The number of carbonyl (C=O) groups is 1. The van der Waals surface area contributed by atoms with Crippen LogP contribution in [0, 0.1) is 5.82 Å². The fourth-order valence-electron chi connectivity index (χ4n) is 1.70. The van der Waals surface area contributed by atoms with Crippen LogP contribution < -0.4 is 0 Å². The van der Waals surface area contributed by atoms with Gasteiger partial charge < -0.3 is 0 Å². The van der Waals surface area contributed by atoms with E-state index in [1.165, 1.54) is 24.3 Å². The van der Waals surface area contributed by atoms with E-state index < -0.39 is 28.9 Å². The van der Waals surface area contributed by atoms with Crippen molar-refractivity contribution in [3.63, 3.8) is 0 Å². The molecule has 0 amide bonds. The van der Waals surface area contributed by atoms with Crippen molar-refractivity contribution in [2.24, 2.45) is 0 Å². The van der Waals surface area contributed by atoms with E-state index in [4.69, 9.17) is 0 Å². The summed E-state index contributed by atoms with van der Waals surface area (Å²) in [5, 5.41) is 0. The summed E-state index contributed by atoms with van der Waals surface area (Å²) in [6.07, 6.45) is -4.70. The summed E-state index contributed by atoms with van der Waals surface area (Å²) in [4.78, 5) is 12.0. The van der Waals surface area contributed by atoms with Crippen molar-refractivity contribution in [2.45, 2.75) is 6.18 Å². The van der Waals surface area contributed by atoms with E-state index in [0.717, 1.165) is 0 Å². The van der Waals surface area contributed by atoms with Crippen LogP contribution in [0.15, 0.2) is 48.5 Å². The first kappa shape index (κ1) is 13.3. The standard InChI is InChI=1S/C14H8F4O/c15-10-6-7-12(14(16,17)18)11(8-10)13(19)9-4-2-1-3-5-9/h1-8H. The van der Waals surface area contributed by atoms with Gasteiger partial charge in [-0.2, -0.15) is 13.2 Å². The maximum absolute atomic E-state index is 13.1. The second-order valence-electron chi connectivity index (χ2n) is 3.88. The Balaban J connectivity index is 2.56. The Morgan fingerprint density at radius 3 is 2.16 bits per heavy atom. The summed E-state index contributed by atoms with van der Waals surface area (Å²) >= 11 is 0. The third-order valence-corrected chi connectivity index (χ3v) is 2.57. The summed E-state index contributed by atoms with van der Waals surface area (Å²) in [6.45, 7) is 0. The number of carbonyl (C=O) groups excluding carboxylic acids is 1. The van der Waals surface area contributed by atoms with Crippen molar-refractivity contribution in [1.29, 1.82) is 0 Å². The van der Waals surface area contributed by atoms with Crippen LogP contribution in [0.5, 0.6) is 0 Å². The molecule has 0 saturated carbocycles. The second-order valence-corrected chi connectivity index (χ2v) is 3.88. The van der Waals surface area contributed by atoms with Crippen molar-refractivity contribution in [3.05, 3.63) is 71.0 Å². The molecule has 0 atom stereocenters. The fraction of sp³-hybridized carbons (Fsp3) is 0.0714. The van der Waals surface area contributed by atoms with E-state index in [0.29, 0.717) is 18.2 Å². The smallest absolute Gasteiger partial charge is 0.289 e. The van der Waals surface area contributed by atoms with Gasteiger partial charge in [-0.3, -0.25) is 4.79 Å². The molecule has 19 heavy (non-hydrogen) atoms. The van der Waals surface area contributed by atoms with Gasteiger partial charge in [0, 0.05) is 11.1 Å². The Morgan fingerprint density at radius 2 is 1.58 bits per heavy atom. The lowest BCUT2D eigenvalue weighted by molar-refractivity contribution is -0.137. The first-order valence-corrected chi connectivity index (χ1v) is 5.36. The molecule has 2 aromatic rings. The quantitative estimate of drug-likeness (QED) is 0.592. The lowest BCUT2D eigenvalue weighted by Gasteiger charge is -2.12. The summed E-state index contributed by atoms with van der Waals surface area (Å²) in [6, 6.07) is 9.32. The highest BCUT2D eigenvalue weighted by Crippen LogP contribution is 2.33. The average Bonchev–Trinajstić information content (AvgIpc) is 2.37. The zero-order chi connectivity index (χ0) is 14.0. The number of benzene rings is 2. The fourth-order valence-corrected chi connectivity index (χ4v) is 1.70. The Bertz CT molecular complexity index is 603. The highest BCUT2D eigenvalue weighted by molar-refractivity contribution is 6.10. The largest absolute Gasteiger partial charge is 0.417 e. The van der Waals surface area contributed by atoms with Gasteiger partial charge in [-0.1, -0.05) is 30.3 Å². The Kier molecular flexibility index (Phi) is 3.38. The van der Waals surface area contributed by atoms with Crippen molar-refractivity contribution < 1.29 is 22.4 Å². The highest BCUT2D eigenvalue weighted by atomic mass is 19.4. The number of hydrogen-bond donors (Lipinski definition) is 0. The Labute approximate surface area is 106 Å². The minimum Gasteiger partial charge on any atom is -0.289 e. The topological polar surface area (TPSA) is 17.1 Å². The predicted molar refractivity (Wildman–Crippen MR) is 61.3 cm³/mol. The van der Waals surface area contributed by atoms with Crippen LogP contribution in [-0.2, 0) is 6.18 Å². The second kappa shape index (κ2) is 4.84. The Morgan fingerprint density at radius 1 is 0.947 bits per heavy atom. The molecule has 2 rings (SSSR count). The zero-order valence-corrected chi connectivity index (χ0v) is 9.54. The van der Waals surface area contributed by atoms with Crippen LogP contribution in [0.2, 0.25) is 0 Å². The van der Waals surface area contributed by atoms with Crippen molar-refractivity contribution >= 4 is 5.78 Å². The molecular weight excluding hydrogens is 260 g/mol. The molecule has 1 nitrogen and oxygen atoms in total. The van der Waals surface area contributed by atoms with Crippen LogP contribution in [0.1, 0.15) is 21.5 Å². The summed E-state index contributed by atoms with van der Waals surface area (Å²) < 4.78 is 51.4. The molecule has 0 N–H and O–H groups in total. The minimum atomic E-state index is -4.70. The minimum absolute atomic E-state index is 0.0820. The van der Waals surface area contributed by atoms with Crippen LogP contribution >= 0.6 is 0 Å². The molecule has 0 heterocycles. The summed E-state index contributed by atoms with van der Waals surface area (Å²) in [5.41, 5.74) is -1.74. The first-order valence-electron chi connectivity index (χ1n) is 5.36. The van der Waals surface area contributed by atoms with Crippen molar-refractivity contribution in [1.82, 2.24) is 0 Å².